The molecule has 0 atom stereocenters. The summed E-state index contributed by atoms with van der Waals surface area (Å²) in [6.07, 6.45) is 1.43. The molecule has 1 aromatic carbocycles. The number of hydrogen-bond donors (Lipinski definition) is 1. The number of carbonyl (C=O) groups is 1. The minimum Gasteiger partial charge on any atom is -0.467 e. The quantitative estimate of drug-likeness (QED) is 0.854. The third-order valence-corrected chi connectivity index (χ3v) is 3.64. The second kappa shape index (κ2) is 5.89. The summed E-state index contributed by atoms with van der Waals surface area (Å²) < 4.78 is 33.9. The maximum absolute atomic E-state index is 12.0. The van der Waals surface area contributed by atoms with Gasteiger partial charge in [-0.05, 0) is 30.3 Å². The Kier molecular flexibility index (Phi) is 4.21. The minimum absolute atomic E-state index is 0.0321. The van der Waals surface area contributed by atoms with Gasteiger partial charge in [0, 0.05) is 12.6 Å². The number of anilines is 1. The van der Waals surface area contributed by atoms with Gasteiger partial charge in [0.15, 0.2) is 0 Å². The maximum Gasteiger partial charge on any atom is 0.297 e. The lowest BCUT2D eigenvalue weighted by molar-refractivity contribution is -0.114. The summed E-state index contributed by atoms with van der Waals surface area (Å²) in [6.45, 7) is 1.16. The zero-order valence-electron chi connectivity index (χ0n) is 10.7. The predicted octanol–water partition coefficient (Wildman–Crippen LogP) is 2.14. The van der Waals surface area contributed by atoms with E-state index in [0.29, 0.717) is 11.4 Å². The van der Waals surface area contributed by atoms with Crippen LogP contribution in [0.4, 0.5) is 5.69 Å². The van der Waals surface area contributed by atoms with E-state index in [2.05, 4.69) is 5.32 Å². The fourth-order valence-corrected chi connectivity index (χ4v) is 2.45. The molecule has 2 aromatic rings. The van der Waals surface area contributed by atoms with E-state index in [1.807, 2.05) is 0 Å². The topological polar surface area (TPSA) is 85.6 Å². The van der Waals surface area contributed by atoms with E-state index in [0.717, 1.165) is 0 Å². The van der Waals surface area contributed by atoms with E-state index in [-0.39, 0.29) is 17.4 Å². The molecule has 1 aromatic heterocycles. The van der Waals surface area contributed by atoms with Crippen molar-refractivity contribution in [2.24, 2.45) is 0 Å². The largest absolute Gasteiger partial charge is 0.467 e. The molecular formula is C13H13NO5S. The van der Waals surface area contributed by atoms with E-state index < -0.39 is 10.1 Å². The normalized spacial score (nSPS) is 11.2. The molecule has 1 N–H and O–H groups in total. The molecule has 0 radical (unpaired) electrons. The molecular weight excluding hydrogens is 282 g/mol. The summed E-state index contributed by atoms with van der Waals surface area (Å²) in [5, 5.41) is 2.51. The monoisotopic (exact) mass is 295 g/mol. The first-order valence-electron chi connectivity index (χ1n) is 5.77. The average molecular weight is 295 g/mol. The standard InChI is InChI=1S/C13H13NO5S/c1-10(15)14-11-4-2-6-13(8-11)20(16,17)19-9-12-5-3-7-18-12/h2-8H,9H2,1H3,(H,14,15). The Bertz CT molecular complexity index is 691. The van der Waals surface area contributed by atoms with E-state index in [9.17, 15) is 13.2 Å². The van der Waals surface area contributed by atoms with Crippen molar-refractivity contribution in [1.82, 2.24) is 0 Å². The van der Waals surface area contributed by atoms with Crippen molar-refractivity contribution >= 4 is 21.7 Å². The molecule has 1 heterocycles. The van der Waals surface area contributed by atoms with Crippen molar-refractivity contribution in [3.05, 3.63) is 48.4 Å². The molecule has 0 aliphatic rings. The summed E-state index contributed by atoms with van der Waals surface area (Å²) >= 11 is 0. The molecule has 2 rings (SSSR count). The van der Waals surface area contributed by atoms with Crippen LogP contribution in [0.5, 0.6) is 0 Å². The maximum atomic E-state index is 12.0. The van der Waals surface area contributed by atoms with Gasteiger partial charge in [-0.1, -0.05) is 6.07 Å². The minimum atomic E-state index is -3.91. The SMILES string of the molecule is CC(=O)Nc1cccc(S(=O)(=O)OCc2ccco2)c1. The Labute approximate surface area is 116 Å². The highest BCUT2D eigenvalue weighted by Gasteiger charge is 2.16. The van der Waals surface area contributed by atoms with Gasteiger partial charge in [0.2, 0.25) is 5.91 Å². The smallest absolute Gasteiger partial charge is 0.297 e. The number of amides is 1. The van der Waals surface area contributed by atoms with Crippen LogP contribution in [-0.4, -0.2) is 14.3 Å². The third-order valence-electron chi connectivity index (χ3n) is 2.38. The van der Waals surface area contributed by atoms with E-state index in [1.165, 1.54) is 31.4 Å². The van der Waals surface area contributed by atoms with Crippen LogP contribution < -0.4 is 5.32 Å². The molecule has 106 valence electrons. The lowest BCUT2D eigenvalue weighted by Gasteiger charge is -2.07. The number of hydrogen-bond acceptors (Lipinski definition) is 5. The van der Waals surface area contributed by atoms with Crippen molar-refractivity contribution in [2.75, 3.05) is 5.32 Å². The molecule has 0 saturated heterocycles. The Morgan fingerprint density at radius 3 is 2.75 bits per heavy atom. The molecule has 1 amide bonds. The molecule has 0 fully saturated rings. The number of nitrogens with one attached hydrogen (secondary N) is 1. The van der Waals surface area contributed by atoms with Gasteiger partial charge in [-0.15, -0.1) is 0 Å². The van der Waals surface area contributed by atoms with Crippen molar-refractivity contribution in [2.45, 2.75) is 18.4 Å². The first-order chi connectivity index (χ1) is 9.47. The zero-order valence-corrected chi connectivity index (χ0v) is 11.5. The summed E-state index contributed by atoms with van der Waals surface area (Å²) in [5.41, 5.74) is 0.389. The second-order valence-electron chi connectivity index (χ2n) is 4.00. The molecule has 0 aliphatic heterocycles. The Morgan fingerprint density at radius 1 is 1.30 bits per heavy atom. The predicted molar refractivity (Wildman–Crippen MR) is 71.4 cm³/mol. The second-order valence-corrected chi connectivity index (χ2v) is 5.62. The van der Waals surface area contributed by atoms with Gasteiger partial charge in [0.05, 0.1) is 11.2 Å². The number of carbonyl (C=O) groups excluding carboxylic acids is 1. The highest BCUT2D eigenvalue weighted by atomic mass is 32.2. The van der Waals surface area contributed by atoms with Crippen LogP contribution in [0.1, 0.15) is 12.7 Å². The highest BCUT2D eigenvalue weighted by Crippen LogP contribution is 2.18. The third kappa shape index (κ3) is 3.69. The molecule has 6 nitrogen and oxygen atoms in total. The van der Waals surface area contributed by atoms with Crippen LogP contribution in [-0.2, 0) is 25.7 Å². The van der Waals surface area contributed by atoms with Gasteiger partial charge >= 0.3 is 0 Å². The molecule has 0 saturated carbocycles. The molecule has 0 bridgehead atoms. The Balaban J connectivity index is 2.14. The summed E-state index contributed by atoms with van der Waals surface area (Å²) in [7, 11) is -3.91. The number of furan rings is 1. The van der Waals surface area contributed by atoms with E-state index in [4.69, 9.17) is 8.60 Å². The number of rotatable bonds is 5. The summed E-state index contributed by atoms with van der Waals surface area (Å²) in [4.78, 5) is 10.9. The molecule has 7 heteroatoms. The van der Waals surface area contributed by atoms with Crippen LogP contribution in [0.15, 0.2) is 52.0 Å². The van der Waals surface area contributed by atoms with E-state index in [1.54, 1.807) is 18.2 Å². The Hall–Kier alpha value is -2.12. The van der Waals surface area contributed by atoms with Crippen molar-refractivity contribution < 1.29 is 21.8 Å². The van der Waals surface area contributed by atoms with Crippen LogP contribution >= 0.6 is 0 Å². The van der Waals surface area contributed by atoms with Crippen molar-refractivity contribution in [3.8, 4) is 0 Å². The summed E-state index contributed by atoms with van der Waals surface area (Å²) in [5.74, 6) is 0.127. The molecule has 0 spiro atoms. The van der Waals surface area contributed by atoms with Crippen molar-refractivity contribution in [3.63, 3.8) is 0 Å². The fourth-order valence-electron chi connectivity index (χ4n) is 1.53. The van der Waals surface area contributed by atoms with E-state index >= 15 is 0 Å². The van der Waals surface area contributed by atoms with Crippen molar-refractivity contribution in [1.29, 1.82) is 0 Å². The lowest BCUT2D eigenvalue weighted by Crippen LogP contribution is -2.09. The zero-order chi connectivity index (χ0) is 14.6. The molecule has 0 unspecified atom stereocenters. The van der Waals surface area contributed by atoms with Crippen LogP contribution in [0.3, 0.4) is 0 Å². The molecule has 0 aliphatic carbocycles. The van der Waals surface area contributed by atoms with Crippen LogP contribution in [0.25, 0.3) is 0 Å². The fraction of sp³-hybridized carbons (Fsp3) is 0.154. The average Bonchev–Trinajstić information content (AvgIpc) is 2.89. The lowest BCUT2D eigenvalue weighted by atomic mass is 10.3. The molecule has 20 heavy (non-hydrogen) atoms. The first-order valence-corrected chi connectivity index (χ1v) is 7.18. The van der Waals surface area contributed by atoms with Gasteiger partial charge < -0.3 is 9.73 Å². The van der Waals surface area contributed by atoms with Gasteiger partial charge in [0.25, 0.3) is 10.1 Å². The highest BCUT2D eigenvalue weighted by molar-refractivity contribution is 7.86. The number of benzene rings is 1. The van der Waals surface area contributed by atoms with Gasteiger partial charge in [0.1, 0.15) is 12.4 Å². The van der Waals surface area contributed by atoms with Gasteiger partial charge in [-0.3, -0.25) is 8.98 Å². The summed E-state index contributed by atoms with van der Waals surface area (Å²) in [6, 6.07) is 9.09. The Morgan fingerprint density at radius 2 is 2.10 bits per heavy atom. The van der Waals surface area contributed by atoms with Gasteiger partial charge in [-0.25, -0.2) is 0 Å². The van der Waals surface area contributed by atoms with Gasteiger partial charge in [-0.2, -0.15) is 8.42 Å². The van der Waals surface area contributed by atoms with Crippen LogP contribution in [0.2, 0.25) is 0 Å². The van der Waals surface area contributed by atoms with Crippen LogP contribution in [0, 0.1) is 0 Å². The first kappa shape index (κ1) is 14.3.